The fourth-order valence-electron chi connectivity index (χ4n) is 2.13. The molecule has 1 heterocycles. The molecule has 0 saturated carbocycles. The Kier molecular flexibility index (Phi) is 5.26. The largest absolute Gasteiger partial charge is 0.344 e. The van der Waals surface area contributed by atoms with Crippen molar-refractivity contribution in [1.29, 1.82) is 0 Å². The molecule has 1 amide bonds. The molecule has 1 aliphatic heterocycles. The Hall–Kier alpha value is -0.570. The highest BCUT2D eigenvalue weighted by Crippen LogP contribution is 2.14. The summed E-state index contributed by atoms with van der Waals surface area (Å²) in [5, 5.41) is 3.48. The van der Waals surface area contributed by atoms with E-state index in [1.165, 1.54) is 19.3 Å². The Bertz CT molecular complexity index is 222. The predicted molar refractivity (Wildman–Crippen MR) is 67.3 cm³/mol. The Labute approximate surface area is 99.6 Å². The van der Waals surface area contributed by atoms with Gasteiger partial charge in [0.05, 0.1) is 0 Å². The summed E-state index contributed by atoms with van der Waals surface area (Å²) < 4.78 is 0. The van der Waals surface area contributed by atoms with Crippen LogP contribution in [0.25, 0.3) is 0 Å². The highest BCUT2D eigenvalue weighted by molar-refractivity contribution is 5.78. The average Bonchev–Trinajstić information content (AvgIpc) is 2.28. The van der Waals surface area contributed by atoms with E-state index in [4.69, 9.17) is 0 Å². The van der Waals surface area contributed by atoms with Crippen LogP contribution in [0.15, 0.2) is 0 Å². The predicted octanol–water partition coefficient (Wildman–Crippen LogP) is 1.88. The minimum atomic E-state index is 0.133. The third kappa shape index (κ3) is 3.78. The summed E-state index contributed by atoms with van der Waals surface area (Å²) in [6, 6.07) is 0.502. The first kappa shape index (κ1) is 13.5. The van der Waals surface area contributed by atoms with Crippen molar-refractivity contribution in [3.8, 4) is 0 Å². The summed E-state index contributed by atoms with van der Waals surface area (Å²) in [7, 11) is 1.93. The molecule has 3 nitrogen and oxygen atoms in total. The molecule has 2 atom stereocenters. The number of rotatable bonds is 4. The van der Waals surface area contributed by atoms with E-state index >= 15 is 0 Å². The van der Waals surface area contributed by atoms with E-state index in [1.807, 2.05) is 18.9 Å². The van der Waals surface area contributed by atoms with Crippen LogP contribution >= 0.6 is 0 Å². The molecule has 16 heavy (non-hydrogen) atoms. The molecule has 0 bridgehead atoms. The molecule has 1 N–H and O–H groups in total. The van der Waals surface area contributed by atoms with Gasteiger partial charge in [0.2, 0.25) is 5.91 Å². The van der Waals surface area contributed by atoms with Crippen molar-refractivity contribution in [1.82, 2.24) is 10.2 Å². The normalized spacial score (nSPS) is 23.2. The number of nitrogens with one attached hydrogen (secondary N) is 1. The fraction of sp³-hybridized carbons (Fsp3) is 0.923. The van der Waals surface area contributed by atoms with Gasteiger partial charge in [-0.2, -0.15) is 0 Å². The van der Waals surface area contributed by atoms with Crippen molar-refractivity contribution >= 4 is 5.91 Å². The van der Waals surface area contributed by atoms with Gasteiger partial charge in [-0.3, -0.25) is 4.79 Å². The van der Waals surface area contributed by atoms with E-state index in [0.717, 1.165) is 13.1 Å². The molecule has 1 fully saturated rings. The first-order chi connectivity index (χ1) is 7.52. The zero-order chi connectivity index (χ0) is 12.1. The Morgan fingerprint density at radius 2 is 2.06 bits per heavy atom. The topological polar surface area (TPSA) is 32.3 Å². The molecule has 0 spiro atoms. The second-order valence-electron chi connectivity index (χ2n) is 5.40. The van der Waals surface area contributed by atoms with E-state index in [0.29, 0.717) is 12.0 Å². The Balaban J connectivity index is 2.38. The summed E-state index contributed by atoms with van der Waals surface area (Å²) in [6.45, 7) is 8.20. The van der Waals surface area contributed by atoms with E-state index < -0.39 is 0 Å². The van der Waals surface area contributed by atoms with Crippen molar-refractivity contribution in [2.45, 2.75) is 46.1 Å². The summed E-state index contributed by atoms with van der Waals surface area (Å²) in [5.41, 5.74) is 0. The highest BCUT2D eigenvalue weighted by atomic mass is 16.2. The first-order valence-electron chi connectivity index (χ1n) is 6.50. The van der Waals surface area contributed by atoms with Crippen molar-refractivity contribution in [2.75, 3.05) is 20.1 Å². The standard InChI is InChI=1S/C13H26N2O/c1-10(2)11(3)13(16)15(4)9-12-7-5-6-8-14-12/h10-12,14H,5-9H2,1-4H3. The van der Waals surface area contributed by atoms with Gasteiger partial charge in [0, 0.05) is 25.6 Å². The molecule has 2 unspecified atom stereocenters. The molecule has 94 valence electrons. The number of nitrogens with zero attached hydrogens (tertiary/aromatic N) is 1. The van der Waals surface area contributed by atoms with Crippen LogP contribution < -0.4 is 5.32 Å². The van der Waals surface area contributed by atoms with Gasteiger partial charge in [0.15, 0.2) is 0 Å². The summed E-state index contributed by atoms with van der Waals surface area (Å²) in [4.78, 5) is 14.0. The van der Waals surface area contributed by atoms with Crippen molar-refractivity contribution < 1.29 is 4.79 Å². The summed E-state index contributed by atoms with van der Waals surface area (Å²) in [6.07, 6.45) is 3.77. The minimum absolute atomic E-state index is 0.133. The monoisotopic (exact) mass is 226 g/mol. The number of carbonyl (C=O) groups is 1. The van der Waals surface area contributed by atoms with E-state index in [2.05, 4.69) is 19.2 Å². The number of amides is 1. The van der Waals surface area contributed by atoms with Crippen LogP contribution in [-0.2, 0) is 4.79 Å². The quantitative estimate of drug-likeness (QED) is 0.794. The zero-order valence-electron chi connectivity index (χ0n) is 11.1. The number of carbonyl (C=O) groups excluding carboxylic acids is 1. The third-order valence-corrected chi connectivity index (χ3v) is 3.67. The van der Waals surface area contributed by atoms with Crippen LogP contribution in [0.2, 0.25) is 0 Å². The molecule has 0 aromatic carbocycles. The molecular formula is C13H26N2O. The van der Waals surface area contributed by atoms with Gasteiger partial charge in [-0.05, 0) is 25.3 Å². The summed E-state index contributed by atoms with van der Waals surface area (Å²) >= 11 is 0. The zero-order valence-corrected chi connectivity index (χ0v) is 11.1. The maximum Gasteiger partial charge on any atom is 0.225 e. The molecule has 0 radical (unpaired) electrons. The lowest BCUT2D eigenvalue weighted by molar-refractivity contribution is -0.135. The average molecular weight is 226 g/mol. The number of piperidine rings is 1. The van der Waals surface area contributed by atoms with Gasteiger partial charge in [-0.1, -0.05) is 27.2 Å². The second kappa shape index (κ2) is 6.24. The van der Waals surface area contributed by atoms with Gasteiger partial charge in [-0.15, -0.1) is 0 Å². The second-order valence-corrected chi connectivity index (χ2v) is 5.40. The Morgan fingerprint density at radius 3 is 2.56 bits per heavy atom. The van der Waals surface area contributed by atoms with Crippen molar-refractivity contribution in [3.63, 3.8) is 0 Å². The van der Waals surface area contributed by atoms with Gasteiger partial charge in [0.1, 0.15) is 0 Å². The highest BCUT2D eigenvalue weighted by Gasteiger charge is 2.23. The number of likely N-dealkylation sites (N-methyl/N-ethyl adjacent to an activating group) is 1. The Morgan fingerprint density at radius 1 is 1.38 bits per heavy atom. The molecule has 0 aromatic rings. The molecule has 1 rings (SSSR count). The number of hydrogen-bond acceptors (Lipinski definition) is 2. The summed E-state index contributed by atoms with van der Waals surface area (Å²) in [5.74, 6) is 0.838. The lowest BCUT2D eigenvalue weighted by atomic mass is 9.96. The molecule has 1 aliphatic rings. The fourth-order valence-corrected chi connectivity index (χ4v) is 2.13. The van der Waals surface area contributed by atoms with Crippen LogP contribution in [0.3, 0.4) is 0 Å². The molecule has 0 aromatic heterocycles. The molecule has 3 heteroatoms. The lowest BCUT2D eigenvalue weighted by Crippen LogP contribution is -2.45. The van der Waals surface area contributed by atoms with Crippen LogP contribution in [0.4, 0.5) is 0 Å². The smallest absolute Gasteiger partial charge is 0.225 e. The van der Waals surface area contributed by atoms with Gasteiger partial charge in [0.25, 0.3) is 0 Å². The van der Waals surface area contributed by atoms with Crippen molar-refractivity contribution in [3.05, 3.63) is 0 Å². The van der Waals surface area contributed by atoms with Crippen molar-refractivity contribution in [2.24, 2.45) is 11.8 Å². The van der Waals surface area contributed by atoms with E-state index in [-0.39, 0.29) is 11.8 Å². The van der Waals surface area contributed by atoms with Gasteiger partial charge < -0.3 is 10.2 Å². The molecular weight excluding hydrogens is 200 g/mol. The van der Waals surface area contributed by atoms with Crippen LogP contribution in [-0.4, -0.2) is 37.0 Å². The minimum Gasteiger partial charge on any atom is -0.344 e. The first-order valence-corrected chi connectivity index (χ1v) is 6.50. The number of hydrogen-bond donors (Lipinski definition) is 1. The van der Waals surface area contributed by atoms with E-state index in [9.17, 15) is 4.79 Å². The SMILES string of the molecule is CC(C)C(C)C(=O)N(C)CC1CCCCN1. The molecule has 0 aliphatic carbocycles. The maximum absolute atomic E-state index is 12.1. The third-order valence-electron chi connectivity index (χ3n) is 3.67. The maximum atomic E-state index is 12.1. The van der Waals surface area contributed by atoms with E-state index in [1.54, 1.807) is 0 Å². The lowest BCUT2D eigenvalue weighted by Gasteiger charge is -2.30. The molecule has 1 saturated heterocycles. The van der Waals surface area contributed by atoms with Gasteiger partial charge in [-0.25, -0.2) is 0 Å². The van der Waals surface area contributed by atoms with Crippen LogP contribution in [0.5, 0.6) is 0 Å². The van der Waals surface area contributed by atoms with Crippen LogP contribution in [0, 0.1) is 11.8 Å². The van der Waals surface area contributed by atoms with Crippen LogP contribution in [0.1, 0.15) is 40.0 Å². The van der Waals surface area contributed by atoms with Gasteiger partial charge >= 0.3 is 0 Å².